The molecule has 0 atom stereocenters. The van der Waals surface area contributed by atoms with E-state index < -0.39 is 15.8 Å². The highest BCUT2D eigenvalue weighted by Gasteiger charge is 2.31. The van der Waals surface area contributed by atoms with Crippen molar-refractivity contribution in [2.45, 2.75) is 38.6 Å². The van der Waals surface area contributed by atoms with Gasteiger partial charge in [0, 0.05) is 43.9 Å². The first kappa shape index (κ1) is 22.3. The van der Waals surface area contributed by atoms with E-state index in [1.54, 1.807) is 17.0 Å². The lowest BCUT2D eigenvalue weighted by Crippen LogP contribution is -2.50. The van der Waals surface area contributed by atoms with E-state index in [9.17, 15) is 18.0 Å². The molecule has 32 heavy (non-hydrogen) atoms. The molecule has 2 heterocycles. The van der Waals surface area contributed by atoms with Crippen LogP contribution in [0.1, 0.15) is 41.4 Å². The van der Waals surface area contributed by atoms with Crippen LogP contribution in [0.3, 0.4) is 0 Å². The zero-order chi connectivity index (χ0) is 23.2. The smallest absolute Gasteiger partial charge is 0.408 e. The third-order valence-electron chi connectivity index (χ3n) is 6.02. The average Bonchev–Trinajstić information content (AvgIpc) is 3.10. The molecule has 3 aromatic rings. The van der Waals surface area contributed by atoms with E-state index in [1.165, 1.54) is 21.0 Å². The number of hydrogen-bond donors (Lipinski definition) is 0. The van der Waals surface area contributed by atoms with Gasteiger partial charge in [-0.3, -0.25) is 9.36 Å². The van der Waals surface area contributed by atoms with Crippen molar-refractivity contribution < 1.29 is 17.6 Å². The minimum absolute atomic E-state index is 0.0728. The molecule has 0 aliphatic carbocycles. The second kappa shape index (κ2) is 8.22. The number of carbonyl (C=O) groups excluding carboxylic acids is 1. The largest absolute Gasteiger partial charge is 0.420 e. The molecule has 1 fully saturated rings. The predicted molar refractivity (Wildman–Crippen MR) is 121 cm³/mol. The first-order valence-corrected chi connectivity index (χ1v) is 12.1. The van der Waals surface area contributed by atoms with Crippen LogP contribution in [0.25, 0.3) is 11.1 Å². The molecule has 1 aliphatic heterocycles. The number of rotatable bonds is 4. The zero-order valence-corrected chi connectivity index (χ0v) is 19.5. The fourth-order valence-corrected chi connectivity index (χ4v) is 5.44. The van der Waals surface area contributed by atoms with Gasteiger partial charge in [0.05, 0.1) is 10.4 Å². The normalized spacial score (nSPS) is 15.6. The minimum Gasteiger partial charge on any atom is -0.408 e. The lowest BCUT2D eigenvalue weighted by atomic mass is 10.1. The Balaban J connectivity index is 1.52. The number of sulfonamides is 1. The highest BCUT2D eigenvalue weighted by molar-refractivity contribution is 7.89. The summed E-state index contributed by atoms with van der Waals surface area (Å²) in [6, 6.07) is 9.99. The molecule has 8 nitrogen and oxygen atoms in total. The van der Waals surface area contributed by atoms with E-state index in [1.807, 2.05) is 39.8 Å². The molecule has 9 heteroatoms. The molecule has 1 amide bonds. The molecular weight excluding hydrogens is 430 g/mol. The number of hydrogen-bond acceptors (Lipinski definition) is 5. The highest BCUT2D eigenvalue weighted by atomic mass is 32.2. The number of fused-ring (bicyclic) bond motifs is 1. The molecule has 0 saturated carbocycles. The van der Waals surface area contributed by atoms with Crippen LogP contribution in [-0.2, 0) is 10.0 Å². The van der Waals surface area contributed by atoms with Crippen molar-refractivity contribution >= 4 is 27.0 Å². The van der Waals surface area contributed by atoms with Gasteiger partial charge in [0.25, 0.3) is 5.91 Å². The van der Waals surface area contributed by atoms with Crippen molar-refractivity contribution in [3.8, 4) is 0 Å². The quantitative estimate of drug-likeness (QED) is 0.601. The van der Waals surface area contributed by atoms with E-state index in [0.29, 0.717) is 24.2 Å². The summed E-state index contributed by atoms with van der Waals surface area (Å²) in [7, 11) is -3.78. The Kier molecular flexibility index (Phi) is 5.72. The maximum Gasteiger partial charge on any atom is 0.420 e. The van der Waals surface area contributed by atoms with Crippen molar-refractivity contribution in [1.29, 1.82) is 0 Å². The van der Waals surface area contributed by atoms with Crippen LogP contribution in [-0.4, -0.2) is 54.3 Å². The van der Waals surface area contributed by atoms with Crippen molar-refractivity contribution in [2.24, 2.45) is 0 Å². The Morgan fingerprint density at radius 1 is 0.969 bits per heavy atom. The maximum atomic E-state index is 13.2. The Bertz CT molecular complexity index is 1350. The molecule has 1 aliphatic rings. The highest BCUT2D eigenvalue weighted by Crippen LogP contribution is 2.24. The van der Waals surface area contributed by atoms with E-state index in [0.717, 1.165) is 11.1 Å². The van der Waals surface area contributed by atoms with Crippen molar-refractivity contribution in [3.63, 3.8) is 0 Å². The molecule has 1 saturated heterocycles. The Labute approximate surface area is 187 Å². The molecule has 1 aromatic heterocycles. The van der Waals surface area contributed by atoms with Crippen LogP contribution in [0, 0.1) is 13.8 Å². The molecule has 2 aromatic carbocycles. The summed E-state index contributed by atoms with van der Waals surface area (Å²) in [6.07, 6.45) is 0. The first-order chi connectivity index (χ1) is 15.1. The summed E-state index contributed by atoms with van der Waals surface area (Å²) in [6.45, 7) is 8.71. The van der Waals surface area contributed by atoms with Gasteiger partial charge >= 0.3 is 5.76 Å². The number of amides is 1. The summed E-state index contributed by atoms with van der Waals surface area (Å²) >= 11 is 0. The second-order valence-electron chi connectivity index (χ2n) is 8.46. The van der Waals surface area contributed by atoms with Crippen LogP contribution in [0.2, 0.25) is 0 Å². The van der Waals surface area contributed by atoms with Gasteiger partial charge in [-0.15, -0.1) is 0 Å². The summed E-state index contributed by atoms with van der Waals surface area (Å²) in [5.74, 6) is -0.605. The molecule has 0 bridgehead atoms. The van der Waals surface area contributed by atoms with Crippen LogP contribution < -0.4 is 5.76 Å². The minimum atomic E-state index is -3.78. The number of aromatic nitrogens is 1. The van der Waals surface area contributed by atoms with Gasteiger partial charge in [-0.1, -0.05) is 6.07 Å². The van der Waals surface area contributed by atoms with E-state index in [4.69, 9.17) is 4.42 Å². The molecular formula is C23H27N3O5S. The monoisotopic (exact) mass is 457 g/mol. The molecule has 0 radical (unpaired) electrons. The van der Waals surface area contributed by atoms with Crippen molar-refractivity contribution in [1.82, 2.24) is 13.8 Å². The van der Waals surface area contributed by atoms with Gasteiger partial charge in [0.15, 0.2) is 5.58 Å². The Morgan fingerprint density at radius 2 is 1.66 bits per heavy atom. The van der Waals surface area contributed by atoms with Crippen LogP contribution in [0.4, 0.5) is 0 Å². The van der Waals surface area contributed by atoms with Gasteiger partial charge < -0.3 is 9.32 Å². The molecule has 170 valence electrons. The maximum absolute atomic E-state index is 13.2. The van der Waals surface area contributed by atoms with Gasteiger partial charge in [0.2, 0.25) is 10.0 Å². The van der Waals surface area contributed by atoms with Gasteiger partial charge in [-0.25, -0.2) is 13.2 Å². The van der Waals surface area contributed by atoms with Crippen LogP contribution in [0.5, 0.6) is 0 Å². The summed E-state index contributed by atoms with van der Waals surface area (Å²) in [5.41, 5.74) is 3.58. The number of benzene rings is 2. The van der Waals surface area contributed by atoms with Crippen molar-refractivity contribution in [2.75, 3.05) is 26.2 Å². The summed E-state index contributed by atoms with van der Waals surface area (Å²) in [4.78, 5) is 26.7. The SMILES string of the molecule is Cc1ccc(C(=O)N2CCN(S(=O)(=O)c3ccc4c(c3)oc(=O)n4C(C)C)CC2)cc1C. The molecule has 4 rings (SSSR count). The number of oxazole rings is 1. The number of aryl methyl sites for hydroxylation is 2. The third-order valence-corrected chi connectivity index (χ3v) is 7.91. The first-order valence-electron chi connectivity index (χ1n) is 10.6. The van der Waals surface area contributed by atoms with E-state index in [-0.39, 0.29) is 35.5 Å². The van der Waals surface area contributed by atoms with Gasteiger partial charge in [-0.2, -0.15) is 4.31 Å². The lowest BCUT2D eigenvalue weighted by molar-refractivity contribution is 0.0698. The van der Waals surface area contributed by atoms with Crippen LogP contribution >= 0.6 is 0 Å². The number of carbonyl (C=O) groups is 1. The molecule has 0 spiro atoms. The van der Waals surface area contributed by atoms with E-state index in [2.05, 4.69) is 0 Å². The molecule has 0 unspecified atom stereocenters. The number of nitrogens with zero attached hydrogens (tertiary/aromatic N) is 3. The third kappa shape index (κ3) is 3.86. The summed E-state index contributed by atoms with van der Waals surface area (Å²) < 4.78 is 34.5. The fraction of sp³-hybridized carbons (Fsp3) is 0.391. The van der Waals surface area contributed by atoms with Crippen LogP contribution in [0.15, 0.2) is 50.5 Å². The Hall–Kier alpha value is -2.91. The molecule has 0 N–H and O–H groups in total. The zero-order valence-electron chi connectivity index (χ0n) is 18.7. The fourth-order valence-electron chi connectivity index (χ4n) is 4.00. The standard InChI is InChI=1S/C23H27N3O5S/c1-15(2)26-20-8-7-19(14-21(20)31-23(26)28)32(29,30)25-11-9-24(10-12-25)22(27)18-6-5-16(3)17(4)13-18/h5-8,13-15H,9-12H2,1-4H3. The van der Waals surface area contributed by atoms with E-state index >= 15 is 0 Å². The summed E-state index contributed by atoms with van der Waals surface area (Å²) in [5, 5.41) is 0. The van der Waals surface area contributed by atoms with Gasteiger partial charge in [-0.05, 0) is 63.1 Å². The van der Waals surface area contributed by atoms with Crippen molar-refractivity contribution in [3.05, 3.63) is 63.6 Å². The topological polar surface area (TPSA) is 92.8 Å². The van der Waals surface area contributed by atoms with Gasteiger partial charge in [0.1, 0.15) is 0 Å². The average molecular weight is 458 g/mol. The predicted octanol–water partition coefficient (Wildman–Crippen LogP) is 2.94. The number of piperazine rings is 1. The Morgan fingerprint density at radius 3 is 2.28 bits per heavy atom. The lowest BCUT2D eigenvalue weighted by Gasteiger charge is -2.34. The second-order valence-corrected chi connectivity index (χ2v) is 10.4.